The number of imide groups is 1. The normalized spacial score (nSPS) is 14.3. The van der Waals surface area contributed by atoms with E-state index in [0.29, 0.717) is 0 Å². The molecule has 1 aliphatic rings. The van der Waals surface area contributed by atoms with E-state index in [4.69, 9.17) is 11.6 Å². The second-order valence-corrected chi connectivity index (χ2v) is 6.01. The molecule has 1 aliphatic heterocycles. The molecule has 0 bridgehead atoms. The first-order valence-electron chi connectivity index (χ1n) is 7.43. The topological polar surface area (TPSA) is 118 Å². The summed E-state index contributed by atoms with van der Waals surface area (Å²) < 4.78 is 0. The Morgan fingerprint density at radius 3 is 2.23 bits per heavy atom. The van der Waals surface area contributed by atoms with E-state index in [-0.39, 0.29) is 27.4 Å². The van der Waals surface area contributed by atoms with Gasteiger partial charge in [0.2, 0.25) is 0 Å². The minimum atomic E-state index is -1.28. The summed E-state index contributed by atoms with van der Waals surface area (Å²) in [7, 11) is 0. The van der Waals surface area contributed by atoms with Gasteiger partial charge in [-0.1, -0.05) is 23.7 Å². The van der Waals surface area contributed by atoms with Crippen LogP contribution in [-0.4, -0.2) is 32.7 Å². The summed E-state index contributed by atoms with van der Waals surface area (Å²) >= 11 is 6.10. The molecule has 8 nitrogen and oxygen atoms in total. The molecule has 0 fully saturated rings. The van der Waals surface area contributed by atoms with E-state index in [1.165, 1.54) is 18.2 Å². The number of carboxylic acids is 1. The Bertz CT molecular complexity index is 923. The summed E-state index contributed by atoms with van der Waals surface area (Å²) in [5.74, 6) is -2.62. The van der Waals surface area contributed by atoms with Crippen molar-refractivity contribution in [2.75, 3.05) is 0 Å². The highest BCUT2D eigenvalue weighted by Crippen LogP contribution is 2.37. The predicted octanol–water partition coefficient (Wildman–Crippen LogP) is 3.06. The van der Waals surface area contributed by atoms with Crippen LogP contribution in [-0.2, 0) is 4.79 Å². The fourth-order valence-electron chi connectivity index (χ4n) is 2.90. The molecule has 1 atom stereocenters. The zero-order chi connectivity index (χ0) is 19.0. The lowest BCUT2D eigenvalue weighted by Gasteiger charge is -2.26. The third-order valence-electron chi connectivity index (χ3n) is 4.05. The molecular weight excluding hydrogens is 364 g/mol. The number of hydrogen-bond acceptors (Lipinski definition) is 5. The standard InChI is InChI=1S/C17H11ClN2O6/c18-13-6-5-9(20(25)26)7-12(13)14(8-15(21)22)19-16(23)10-3-1-2-4-11(10)17(19)24/h1-7,14H,8H2,(H,21,22)/t14-/m1/s1. The van der Waals surface area contributed by atoms with Crippen LogP contribution in [0.2, 0.25) is 5.02 Å². The molecule has 2 aromatic rings. The van der Waals surface area contributed by atoms with E-state index >= 15 is 0 Å². The third kappa shape index (κ3) is 2.91. The first kappa shape index (κ1) is 17.6. The number of carbonyl (C=O) groups is 3. The second kappa shape index (κ2) is 6.57. The van der Waals surface area contributed by atoms with Crippen molar-refractivity contribution in [1.82, 2.24) is 4.90 Å². The number of nitro benzene ring substituents is 1. The van der Waals surface area contributed by atoms with Gasteiger partial charge in [-0.25, -0.2) is 0 Å². The Balaban J connectivity index is 2.13. The zero-order valence-corrected chi connectivity index (χ0v) is 13.8. The van der Waals surface area contributed by atoms with Crippen molar-refractivity contribution in [2.45, 2.75) is 12.5 Å². The quantitative estimate of drug-likeness (QED) is 0.488. The summed E-state index contributed by atoms with van der Waals surface area (Å²) in [5.41, 5.74) is -0.00180. The average molecular weight is 375 g/mol. The first-order valence-corrected chi connectivity index (χ1v) is 7.81. The van der Waals surface area contributed by atoms with E-state index in [2.05, 4.69) is 0 Å². The Kier molecular flexibility index (Phi) is 4.43. The van der Waals surface area contributed by atoms with Crippen LogP contribution in [0.4, 0.5) is 5.69 Å². The first-order chi connectivity index (χ1) is 12.3. The number of nitrogens with zero attached hydrogens (tertiary/aromatic N) is 2. The lowest BCUT2D eigenvalue weighted by Crippen LogP contribution is -2.35. The molecule has 1 heterocycles. The van der Waals surface area contributed by atoms with Crippen molar-refractivity contribution < 1.29 is 24.4 Å². The van der Waals surface area contributed by atoms with Crippen molar-refractivity contribution in [2.24, 2.45) is 0 Å². The van der Waals surface area contributed by atoms with Gasteiger partial charge in [0, 0.05) is 22.7 Å². The van der Waals surface area contributed by atoms with Gasteiger partial charge in [-0.05, 0) is 18.2 Å². The molecular formula is C17H11ClN2O6. The van der Waals surface area contributed by atoms with Crippen molar-refractivity contribution in [1.29, 1.82) is 0 Å². The number of carbonyl (C=O) groups excluding carboxylic acids is 2. The van der Waals surface area contributed by atoms with Gasteiger partial charge >= 0.3 is 5.97 Å². The largest absolute Gasteiger partial charge is 0.481 e. The number of hydrogen-bond donors (Lipinski definition) is 1. The van der Waals surface area contributed by atoms with Crippen LogP contribution in [0.3, 0.4) is 0 Å². The lowest BCUT2D eigenvalue weighted by molar-refractivity contribution is -0.384. The number of fused-ring (bicyclic) bond motifs is 1. The van der Waals surface area contributed by atoms with Gasteiger partial charge in [-0.3, -0.25) is 29.4 Å². The number of halogens is 1. The number of rotatable bonds is 5. The second-order valence-electron chi connectivity index (χ2n) is 5.60. The fraction of sp³-hybridized carbons (Fsp3) is 0.118. The van der Waals surface area contributed by atoms with Crippen LogP contribution in [0.1, 0.15) is 38.7 Å². The van der Waals surface area contributed by atoms with Crippen LogP contribution < -0.4 is 0 Å². The summed E-state index contributed by atoms with van der Waals surface area (Å²) in [6.07, 6.45) is -0.633. The molecule has 0 aromatic heterocycles. The van der Waals surface area contributed by atoms with E-state index in [0.717, 1.165) is 17.0 Å². The monoisotopic (exact) mass is 374 g/mol. The fourth-order valence-corrected chi connectivity index (χ4v) is 3.14. The molecule has 2 aromatic carbocycles. The van der Waals surface area contributed by atoms with Crippen molar-refractivity contribution in [3.05, 3.63) is 74.3 Å². The number of amides is 2. The number of carboxylic acid groups (broad SMARTS) is 1. The Labute approximate surface area is 151 Å². The van der Waals surface area contributed by atoms with E-state index in [1.54, 1.807) is 12.1 Å². The van der Waals surface area contributed by atoms with Gasteiger partial charge in [-0.15, -0.1) is 0 Å². The smallest absolute Gasteiger partial charge is 0.305 e. The predicted molar refractivity (Wildman–Crippen MR) is 90.0 cm³/mol. The van der Waals surface area contributed by atoms with Crippen molar-refractivity contribution >= 4 is 35.1 Å². The lowest BCUT2D eigenvalue weighted by atomic mass is 10.0. The Morgan fingerprint density at radius 2 is 1.73 bits per heavy atom. The van der Waals surface area contributed by atoms with E-state index in [1.807, 2.05) is 0 Å². The Hall–Kier alpha value is -3.26. The highest BCUT2D eigenvalue weighted by Gasteiger charge is 2.42. The van der Waals surface area contributed by atoms with Gasteiger partial charge in [0.15, 0.2) is 0 Å². The van der Waals surface area contributed by atoms with Gasteiger partial charge in [0.05, 0.1) is 28.5 Å². The van der Waals surface area contributed by atoms with Crippen LogP contribution in [0.15, 0.2) is 42.5 Å². The van der Waals surface area contributed by atoms with Crippen LogP contribution >= 0.6 is 11.6 Å². The maximum Gasteiger partial charge on any atom is 0.305 e. The average Bonchev–Trinajstić information content (AvgIpc) is 2.85. The van der Waals surface area contributed by atoms with Gasteiger partial charge < -0.3 is 5.11 Å². The van der Waals surface area contributed by atoms with E-state index < -0.39 is 35.2 Å². The maximum atomic E-state index is 12.7. The zero-order valence-electron chi connectivity index (χ0n) is 13.1. The number of nitro groups is 1. The van der Waals surface area contributed by atoms with Crippen LogP contribution in [0.5, 0.6) is 0 Å². The summed E-state index contributed by atoms with van der Waals surface area (Å²) in [6, 6.07) is 8.30. The summed E-state index contributed by atoms with van der Waals surface area (Å²) in [5, 5.41) is 20.3. The third-order valence-corrected chi connectivity index (χ3v) is 4.40. The molecule has 26 heavy (non-hydrogen) atoms. The van der Waals surface area contributed by atoms with Gasteiger partial charge in [0.25, 0.3) is 17.5 Å². The highest BCUT2D eigenvalue weighted by atomic mass is 35.5. The highest BCUT2D eigenvalue weighted by molar-refractivity contribution is 6.31. The molecule has 2 amide bonds. The van der Waals surface area contributed by atoms with Crippen molar-refractivity contribution in [3.63, 3.8) is 0 Å². The minimum absolute atomic E-state index is 0.0257. The summed E-state index contributed by atoms with van der Waals surface area (Å²) in [4.78, 5) is 47.8. The van der Waals surface area contributed by atoms with Gasteiger partial charge in [-0.2, -0.15) is 0 Å². The van der Waals surface area contributed by atoms with Crippen LogP contribution in [0, 0.1) is 10.1 Å². The van der Waals surface area contributed by atoms with Crippen LogP contribution in [0.25, 0.3) is 0 Å². The minimum Gasteiger partial charge on any atom is -0.481 e. The molecule has 0 saturated heterocycles. The Morgan fingerprint density at radius 1 is 1.15 bits per heavy atom. The molecule has 1 N–H and O–H groups in total. The molecule has 3 rings (SSSR count). The molecule has 0 radical (unpaired) electrons. The molecule has 0 unspecified atom stereocenters. The molecule has 0 aliphatic carbocycles. The van der Waals surface area contributed by atoms with E-state index in [9.17, 15) is 29.6 Å². The maximum absolute atomic E-state index is 12.7. The number of benzene rings is 2. The number of aliphatic carboxylic acids is 1. The molecule has 9 heteroatoms. The summed E-state index contributed by atoms with van der Waals surface area (Å²) in [6.45, 7) is 0. The number of non-ortho nitro benzene ring substituents is 1. The molecule has 0 spiro atoms. The SMILES string of the molecule is O=C(O)C[C@H](c1cc([N+](=O)[O-])ccc1Cl)N1C(=O)c2ccccc2C1=O. The molecule has 132 valence electrons. The van der Waals surface area contributed by atoms with Gasteiger partial charge in [0.1, 0.15) is 0 Å². The van der Waals surface area contributed by atoms with Crippen molar-refractivity contribution in [3.8, 4) is 0 Å². The molecule has 0 saturated carbocycles.